The maximum atomic E-state index is 6.29. The Labute approximate surface area is 109 Å². The second-order valence-corrected chi connectivity index (χ2v) is 5.45. The van der Waals surface area contributed by atoms with Crippen LogP contribution in [-0.2, 0) is 5.41 Å². The second-order valence-electron chi connectivity index (χ2n) is 4.75. The summed E-state index contributed by atoms with van der Waals surface area (Å²) in [5, 5.41) is 0.825. The summed E-state index contributed by atoms with van der Waals surface area (Å²) in [5.41, 5.74) is 3.25. The van der Waals surface area contributed by atoms with Crippen molar-refractivity contribution in [3.05, 3.63) is 27.8 Å². The van der Waals surface area contributed by atoms with Crippen molar-refractivity contribution in [3.8, 4) is 5.75 Å². The molecular formula is C13H19ClOS. The number of rotatable bonds is 3. The van der Waals surface area contributed by atoms with E-state index >= 15 is 0 Å². The first-order valence-electron chi connectivity index (χ1n) is 5.30. The number of halogens is 1. The molecule has 0 N–H and O–H groups in total. The van der Waals surface area contributed by atoms with Gasteiger partial charge in [0.15, 0.2) is 0 Å². The summed E-state index contributed by atoms with van der Waals surface area (Å²) < 4.78 is 5.46. The number of ether oxygens (including phenoxy) is 1. The van der Waals surface area contributed by atoms with Gasteiger partial charge in [-0.15, -0.1) is 0 Å². The Hall–Kier alpha value is -0.340. The molecule has 1 nitrogen and oxygen atoms in total. The third-order valence-corrected chi connectivity index (χ3v) is 4.31. The summed E-state index contributed by atoms with van der Waals surface area (Å²) in [6.45, 7) is 8.33. The second kappa shape index (κ2) is 4.89. The zero-order chi connectivity index (χ0) is 12.5. The van der Waals surface area contributed by atoms with Crippen LogP contribution in [0.15, 0.2) is 6.07 Å². The quantitative estimate of drug-likeness (QED) is 0.801. The lowest BCUT2D eigenvalue weighted by atomic mass is 9.82. The first kappa shape index (κ1) is 13.7. The van der Waals surface area contributed by atoms with Crippen LogP contribution in [0.4, 0.5) is 0 Å². The van der Waals surface area contributed by atoms with Crippen molar-refractivity contribution >= 4 is 24.2 Å². The van der Waals surface area contributed by atoms with Crippen molar-refractivity contribution in [2.24, 2.45) is 0 Å². The Balaban J connectivity index is 3.53. The van der Waals surface area contributed by atoms with Crippen LogP contribution < -0.4 is 4.74 Å². The molecule has 0 aromatic heterocycles. The highest BCUT2D eigenvalue weighted by atomic mass is 35.5. The summed E-state index contributed by atoms with van der Waals surface area (Å²) in [5.74, 6) is 1.65. The lowest BCUT2D eigenvalue weighted by Gasteiger charge is -2.28. The number of methoxy groups -OCH3 is 1. The lowest BCUT2D eigenvalue weighted by Crippen LogP contribution is -2.22. The van der Waals surface area contributed by atoms with E-state index in [4.69, 9.17) is 16.3 Å². The van der Waals surface area contributed by atoms with E-state index in [1.807, 2.05) is 19.9 Å². The molecule has 16 heavy (non-hydrogen) atoms. The molecule has 1 aromatic carbocycles. The van der Waals surface area contributed by atoms with Crippen LogP contribution in [-0.4, -0.2) is 12.9 Å². The minimum absolute atomic E-state index is 0.0458. The molecule has 0 heterocycles. The van der Waals surface area contributed by atoms with Crippen LogP contribution >= 0.6 is 24.2 Å². The first-order chi connectivity index (χ1) is 7.35. The van der Waals surface area contributed by atoms with E-state index in [0.29, 0.717) is 0 Å². The molecule has 0 saturated heterocycles. The highest BCUT2D eigenvalue weighted by molar-refractivity contribution is 7.80. The van der Waals surface area contributed by atoms with Gasteiger partial charge >= 0.3 is 0 Å². The van der Waals surface area contributed by atoms with E-state index in [1.54, 1.807) is 7.11 Å². The van der Waals surface area contributed by atoms with Crippen molar-refractivity contribution in [3.63, 3.8) is 0 Å². The molecule has 0 aliphatic rings. The maximum Gasteiger partial charge on any atom is 0.123 e. The Bertz CT molecular complexity index is 399. The van der Waals surface area contributed by atoms with Crippen LogP contribution in [0.2, 0.25) is 5.02 Å². The summed E-state index contributed by atoms with van der Waals surface area (Å²) in [6, 6.07) is 2.00. The van der Waals surface area contributed by atoms with Crippen LogP contribution in [0.1, 0.15) is 30.5 Å². The van der Waals surface area contributed by atoms with E-state index in [9.17, 15) is 0 Å². The van der Waals surface area contributed by atoms with Crippen LogP contribution in [0.3, 0.4) is 0 Å². The highest BCUT2D eigenvalue weighted by Gasteiger charge is 2.26. The molecule has 0 spiro atoms. The first-order valence-corrected chi connectivity index (χ1v) is 6.31. The molecule has 0 aliphatic heterocycles. The van der Waals surface area contributed by atoms with Crippen molar-refractivity contribution in [2.45, 2.75) is 33.1 Å². The van der Waals surface area contributed by atoms with Gasteiger partial charge in [0.2, 0.25) is 0 Å². The summed E-state index contributed by atoms with van der Waals surface area (Å²) in [4.78, 5) is 0. The zero-order valence-corrected chi connectivity index (χ0v) is 12.2. The van der Waals surface area contributed by atoms with Crippen molar-refractivity contribution in [2.75, 3.05) is 12.9 Å². The molecule has 1 aromatic rings. The molecule has 0 atom stereocenters. The molecule has 0 saturated carbocycles. The van der Waals surface area contributed by atoms with E-state index in [-0.39, 0.29) is 5.41 Å². The van der Waals surface area contributed by atoms with Crippen molar-refractivity contribution < 1.29 is 4.74 Å². The Kier molecular flexibility index (Phi) is 4.19. The van der Waals surface area contributed by atoms with Crippen LogP contribution in [0.5, 0.6) is 5.75 Å². The Morgan fingerprint density at radius 3 is 2.38 bits per heavy atom. The molecule has 0 fully saturated rings. The predicted octanol–water partition coefficient (Wildman–Crippen LogP) is 4.17. The number of aryl methyl sites for hydroxylation is 1. The van der Waals surface area contributed by atoms with Gasteiger partial charge in [0.05, 0.1) is 7.11 Å². The molecule has 90 valence electrons. The van der Waals surface area contributed by atoms with Crippen molar-refractivity contribution in [1.82, 2.24) is 0 Å². The van der Waals surface area contributed by atoms with Crippen LogP contribution in [0.25, 0.3) is 0 Å². The summed E-state index contributed by atoms with van der Waals surface area (Å²) in [6.07, 6.45) is 0. The number of benzene rings is 1. The van der Waals surface area contributed by atoms with E-state index < -0.39 is 0 Å². The Morgan fingerprint density at radius 1 is 1.38 bits per heavy atom. The average molecular weight is 259 g/mol. The molecule has 0 unspecified atom stereocenters. The molecule has 3 heteroatoms. The minimum Gasteiger partial charge on any atom is -0.496 e. The highest BCUT2D eigenvalue weighted by Crippen LogP contribution is 2.39. The Morgan fingerprint density at radius 2 is 1.94 bits per heavy atom. The normalized spacial score (nSPS) is 11.7. The standard InChI is InChI=1S/C13H19ClOS/c1-8-6-10(15-5)11(9(2)12(8)14)13(3,4)7-16/h6,16H,7H2,1-5H3. The maximum absolute atomic E-state index is 6.29. The van der Waals surface area contributed by atoms with Gasteiger partial charge < -0.3 is 4.74 Å². The monoisotopic (exact) mass is 258 g/mol. The van der Waals surface area contributed by atoms with Gasteiger partial charge in [0.25, 0.3) is 0 Å². The summed E-state index contributed by atoms with van der Waals surface area (Å²) >= 11 is 10.7. The van der Waals surface area contributed by atoms with Gasteiger partial charge in [-0.3, -0.25) is 0 Å². The third kappa shape index (κ3) is 2.33. The predicted molar refractivity (Wildman–Crippen MR) is 74.4 cm³/mol. The van der Waals surface area contributed by atoms with Gasteiger partial charge in [-0.25, -0.2) is 0 Å². The zero-order valence-electron chi connectivity index (χ0n) is 10.5. The van der Waals surface area contributed by atoms with E-state index in [1.165, 1.54) is 0 Å². The molecule has 0 amide bonds. The molecular weight excluding hydrogens is 240 g/mol. The fourth-order valence-corrected chi connectivity index (χ4v) is 2.31. The van der Waals surface area contributed by atoms with E-state index in [0.717, 1.165) is 33.2 Å². The molecule has 1 rings (SSSR count). The number of thiol groups is 1. The van der Waals surface area contributed by atoms with Crippen molar-refractivity contribution in [1.29, 1.82) is 0 Å². The largest absolute Gasteiger partial charge is 0.496 e. The SMILES string of the molecule is COc1cc(C)c(Cl)c(C)c1C(C)(C)CS. The number of hydrogen-bond donors (Lipinski definition) is 1. The number of hydrogen-bond acceptors (Lipinski definition) is 2. The lowest BCUT2D eigenvalue weighted by molar-refractivity contribution is 0.397. The van der Waals surface area contributed by atoms with E-state index in [2.05, 4.69) is 26.5 Å². The van der Waals surface area contributed by atoms with Crippen LogP contribution in [0, 0.1) is 13.8 Å². The topological polar surface area (TPSA) is 9.23 Å². The molecule has 0 radical (unpaired) electrons. The van der Waals surface area contributed by atoms with Gasteiger partial charge in [-0.2, -0.15) is 12.6 Å². The smallest absolute Gasteiger partial charge is 0.123 e. The average Bonchev–Trinajstić information content (AvgIpc) is 2.24. The van der Waals surface area contributed by atoms with Gasteiger partial charge in [-0.05, 0) is 36.8 Å². The third-order valence-electron chi connectivity index (χ3n) is 2.94. The fraction of sp³-hybridized carbons (Fsp3) is 0.538. The van der Waals surface area contributed by atoms with Gasteiger partial charge in [-0.1, -0.05) is 25.4 Å². The molecule has 0 bridgehead atoms. The minimum atomic E-state index is -0.0458. The fourth-order valence-electron chi connectivity index (χ4n) is 2.00. The van der Waals surface area contributed by atoms with Gasteiger partial charge in [0.1, 0.15) is 5.75 Å². The van der Waals surface area contributed by atoms with Gasteiger partial charge in [0, 0.05) is 16.0 Å². The molecule has 0 aliphatic carbocycles. The summed E-state index contributed by atoms with van der Waals surface area (Å²) in [7, 11) is 1.69.